The van der Waals surface area contributed by atoms with Crippen molar-refractivity contribution in [3.8, 4) is 11.8 Å². The van der Waals surface area contributed by atoms with E-state index in [4.69, 9.17) is 0 Å². The van der Waals surface area contributed by atoms with Crippen molar-refractivity contribution in [1.82, 2.24) is 0 Å². The van der Waals surface area contributed by atoms with E-state index in [0.717, 1.165) is 19.3 Å². The molecule has 0 heterocycles. The molecule has 1 unspecified atom stereocenters. The molecule has 0 rings (SSSR count). The lowest BCUT2D eigenvalue weighted by Crippen LogP contribution is -2.01. The van der Waals surface area contributed by atoms with Gasteiger partial charge in [-0.25, -0.2) is 0 Å². The van der Waals surface area contributed by atoms with Crippen LogP contribution < -0.4 is 0 Å². The molecule has 0 aromatic heterocycles. The monoisotopic (exact) mass is 290 g/mol. The summed E-state index contributed by atoms with van der Waals surface area (Å²) in [6.45, 7) is 4.40. The second kappa shape index (κ2) is 17.1. The highest BCUT2D eigenvalue weighted by Gasteiger charge is 1.96. The summed E-state index contributed by atoms with van der Waals surface area (Å²) < 4.78 is 0. The average molecular weight is 290 g/mol. The average Bonchev–Trinajstić information content (AvgIpc) is 2.48. The zero-order valence-corrected chi connectivity index (χ0v) is 14.1. The van der Waals surface area contributed by atoms with Crippen LogP contribution in [0.2, 0.25) is 0 Å². The zero-order valence-electron chi connectivity index (χ0n) is 14.1. The predicted octanol–water partition coefficient (Wildman–Crippen LogP) is 5.79. The van der Waals surface area contributed by atoms with Crippen LogP contribution in [-0.4, -0.2) is 11.2 Å². The molecule has 0 bridgehead atoms. The molecule has 0 aliphatic rings. The Labute approximate surface area is 132 Å². The maximum absolute atomic E-state index is 9.62. The maximum Gasteiger partial charge on any atom is 0.115 e. The molecule has 0 aliphatic heterocycles. The number of aliphatic hydroxyl groups excluding tert-OH is 1. The Bertz CT molecular complexity index is 316. The van der Waals surface area contributed by atoms with Crippen LogP contribution in [0.1, 0.15) is 84.5 Å². The van der Waals surface area contributed by atoms with Crippen molar-refractivity contribution in [1.29, 1.82) is 0 Å². The summed E-state index contributed by atoms with van der Waals surface area (Å²) in [5.41, 5.74) is 0. The smallest absolute Gasteiger partial charge is 0.115 e. The minimum atomic E-state index is -0.450. The molecule has 0 amide bonds. The highest BCUT2D eigenvalue weighted by atomic mass is 16.3. The highest BCUT2D eigenvalue weighted by Crippen LogP contribution is 2.04. The molecular weight excluding hydrogens is 256 g/mol. The second-order valence-electron chi connectivity index (χ2n) is 5.60. The molecule has 0 radical (unpaired) electrons. The Morgan fingerprint density at radius 2 is 1.43 bits per heavy atom. The largest absolute Gasteiger partial charge is 0.380 e. The van der Waals surface area contributed by atoms with Gasteiger partial charge in [0.2, 0.25) is 0 Å². The van der Waals surface area contributed by atoms with E-state index in [1.165, 1.54) is 51.4 Å². The predicted molar refractivity (Wildman–Crippen MR) is 94.2 cm³/mol. The second-order valence-corrected chi connectivity index (χ2v) is 5.60. The van der Waals surface area contributed by atoms with Gasteiger partial charge < -0.3 is 5.11 Å². The fourth-order valence-corrected chi connectivity index (χ4v) is 2.03. The van der Waals surface area contributed by atoms with E-state index in [0.29, 0.717) is 0 Å². The van der Waals surface area contributed by atoms with E-state index >= 15 is 0 Å². The van der Waals surface area contributed by atoms with Gasteiger partial charge >= 0.3 is 0 Å². The fraction of sp³-hybridized carbons (Fsp3) is 0.700. The van der Waals surface area contributed by atoms with Crippen molar-refractivity contribution in [2.75, 3.05) is 0 Å². The number of rotatable bonds is 12. The molecule has 0 aromatic rings. The van der Waals surface area contributed by atoms with Crippen LogP contribution in [-0.2, 0) is 0 Å². The minimum absolute atomic E-state index is 0.450. The van der Waals surface area contributed by atoms with E-state index in [9.17, 15) is 5.11 Å². The summed E-state index contributed by atoms with van der Waals surface area (Å²) in [4.78, 5) is 0. The lowest BCUT2D eigenvalue weighted by molar-refractivity contribution is 0.217. The number of unbranched alkanes of at least 4 members (excludes halogenated alkanes) is 7. The molecule has 120 valence electrons. The summed E-state index contributed by atoms with van der Waals surface area (Å²) in [7, 11) is 0. The molecular formula is C20H34O. The molecule has 1 atom stereocenters. The molecule has 0 spiro atoms. The van der Waals surface area contributed by atoms with E-state index < -0.39 is 6.10 Å². The zero-order chi connectivity index (χ0) is 15.6. The molecule has 21 heavy (non-hydrogen) atoms. The van der Waals surface area contributed by atoms with Gasteiger partial charge in [0.05, 0.1) is 0 Å². The molecule has 1 heteroatoms. The topological polar surface area (TPSA) is 20.2 Å². The molecule has 0 aliphatic carbocycles. The third kappa shape index (κ3) is 16.9. The first-order valence-electron chi connectivity index (χ1n) is 8.80. The van der Waals surface area contributed by atoms with Gasteiger partial charge in [-0.15, -0.1) is 0 Å². The van der Waals surface area contributed by atoms with Crippen molar-refractivity contribution < 1.29 is 5.11 Å². The summed E-state index contributed by atoms with van der Waals surface area (Å²) in [5, 5.41) is 9.62. The van der Waals surface area contributed by atoms with Crippen molar-refractivity contribution in [2.45, 2.75) is 90.6 Å². The summed E-state index contributed by atoms with van der Waals surface area (Å²) >= 11 is 0. The standard InChI is InChI=1S/C20H34O/c1-3-5-7-8-9-10-11-12-13-14-15-17-19-20(21)18-16-6-4-2/h8-9,14-15,20-21H,3-7,10-13,16,18H2,1-2H3/b9-8-,15-14-. The first-order valence-corrected chi connectivity index (χ1v) is 8.80. The quantitative estimate of drug-likeness (QED) is 0.274. The maximum atomic E-state index is 9.62. The summed E-state index contributed by atoms with van der Waals surface area (Å²) in [6.07, 6.45) is 21.0. The van der Waals surface area contributed by atoms with Gasteiger partial charge in [-0.05, 0) is 51.0 Å². The van der Waals surface area contributed by atoms with Crippen molar-refractivity contribution in [3.63, 3.8) is 0 Å². The van der Waals surface area contributed by atoms with Crippen molar-refractivity contribution in [2.24, 2.45) is 0 Å². The first kappa shape index (κ1) is 20.0. The Balaban J connectivity index is 3.45. The Hall–Kier alpha value is -1.00. The third-order valence-electron chi connectivity index (χ3n) is 3.41. The number of allylic oxidation sites excluding steroid dienone is 4. The lowest BCUT2D eigenvalue weighted by atomic mass is 10.1. The van der Waals surface area contributed by atoms with Gasteiger partial charge in [0.1, 0.15) is 6.10 Å². The van der Waals surface area contributed by atoms with Crippen molar-refractivity contribution >= 4 is 0 Å². The van der Waals surface area contributed by atoms with Crippen LogP contribution in [0.25, 0.3) is 0 Å². The number of hydrogen-bond acceptors (Lipinski definition) is 1. The number of hydrogen-bond donors (Lipinski definition) is 1. The van der Waals surface area contributed by atoms with E-state index in [1.807, 2.05) is 6.08 Å². The normalized spacial score (nSPS) is 12.7. The van der Waals surface area contributed by atoms with E-state index in [1.54, 1.807) is 0 Å². The lowest BCUT2D eigenvalue weighted by Gasteiger charge is -2.00. The molecule has 0 fully saturated rings. The van der Waals surface area contributed by atoms with Gasteiger partial charge in [0.25, 0.3) is 0 Å². The van der Waals surface area contributed by atoms with Gasteiger partial charge in [-0.3, -0.25) is 0 Å². The first-order chi connectivity index (χ1) is 10.3. The molecule has 1 nitrogen and oxygen atoms in total. The van der Waals surface area contributed by atoms with Gasteiger partial charge in [-0.2, -0.15) is 0 Å². The van der Waals surface area contributed by atoms with E-state index in [-0.39, 0.29) is 0 Å². The molecule has 1 N–H and O–H groups in total. The minimum Gasteiger partial charge on any atom is -0.380 e. The van der Waals surface area contributed by atoms with Gasteiger partial charge in [0.15, 0.2) is 0 Å². The number of aliphatic hydroxyl groups is 1. The Morgan fingerprint density at radius 1 is 0.810 bits per heavy atom. The van der Waals surface area contributed by atoms with Crippen LogP contribution in [0.4, 0.5) is 0 Å². The van der Waals surface area contributed by atoms with Gasteiger partial charge in [0, 0.05) is 0 Å². The molecule has 0 saturated carbocycles. The summed E-state index contributed by atoms with van der Waals surface area (Å²) in [5.74, 6) is 5.82. The van der Waals surface area contributed by atoms with Crippen LogP contribution >= 0.6 is 0 Å². The Morgan fingerprint density at radius 3 is 2.10 bits per heavy atom. The van der Waals surface area contributed by atoms with Crippen LogP contribution in [0.5, 0.6) is 0 Å². The molecule has 0 aromatic carbocycles. The summed E-state index contributed by atoms with van der Waals surface area (Å²) in [6, 6.07) is 0. The SMILES string of the molecule is CCCC/C=C\CCCC/C=C\C#CC(O)CCCCC. The van der Waals surface area contributed by atoms with Crippen LogP contribution in [0.15, 0.2) is 24.3 Å². The van der Waals surface area contributed by atoms with Crippen molar-refractivity contribution in [3.05, 3.63) is 24.3 Å². The molecule has 0 saturated heterocycles. The van der Waals surface area contributed by atoms with Gasteiger partial charge in [-0.1, -0.05) is 69.6 Å². The van der Waals surface area contributed by atoms with Crippen LogP contribution in [0.3, 0.4) is 0 Å². The highest BCUT2D eigenvalue weighted by molar-refractivity contribution is 5.17. The Kier molecular flexibility index (Phi) is 16.2. The third-order valence-corrected chi connectivity index (χ3v) is 3.41. The fourth-order valence-electron chi connectivity index (χ4n) is 2.03. The van der Waals surface area contributed by atoms with E-state index in [2.05, 4.69) is 43.9 Å². The van der Waals surface area contributed by atoms with Crippen LogP contribution in [0, 0.1) is 11.8 Å².